The summed E-state index contributed by atoms with van der Waals surface area (Å²) in [5.74, 6) is 1.82. The number of benzene rings is 1. The van der Waals surface area contributed by atoms with Crippen molar-refractivity contribution in [2.75, 3.05) is 0 Å². The third-order valence-electron chi connectivity index (χ3n) is 2.79. The molecule has 0 saturated carbocycles. The molecular weight excluding hydrogens is 246 g/mol. The standard InChI is InChI=1S/C13H17N3OS/c1-3-16-10(2)14-15-13(16)18-9-12-6-4-11(8-17)5-7-12/h4-7,17H,3,8-9H2,1-2H3. The van der Waals surface area contributed by atoms with E-state index in [0.29, 0.717) is 0 Å². The van der Waals surface area contributed by atoms with Crippen LogP contribution in [-0.2, 0) is 18.9 Å². The second-order valence-corrected chi connectivity index (χ2v) is 4.98. The Morgan fingerprint density at radius 1 is 1.17 bits per heavy atom. The fourth-order valence-electron chi connectivity index (χ4n) is 1.72. The Kier molecular flexibility index (Phi) is 4.38. The molecule has 0 amide bonds. The smallest absolute Gasteiger partial charge is 0.191 e. The molecule has 0 spiro atoms. The molecule has 0 aliphatic rings. The minimum atomic E-state index is 0.0940. The molecule has 96 valence electrons. The zero-order valence-corrected chi connectivity index (χ0v) is 11.4. The van der Waals surface area contributed by atoms with Gasteiger partial charge in [-0.1, -0.05) is 36.0 Å². The minimum Gasteiger partial charge on any atom is -0.392 e. The molecule has 1 heterocycles. The van der Waals surface area contributed by atoms with Gasteiger partial charge in [-0.2, -0.15) is 0 Å². The Morgan fingerprint density at radius 3 is 2.44 bits per heavy atom. The molecule has 0 atom stereocenters. The van der Waals surface area contributed by atoms with Gasteiger partial charge in [0.25, 0.3) is 0 Å². The van der Waals surface area contributed by atoms with Gasteiger partial charge >= 0.3 is 0 Å². The van der Waals surface area contributed by atoms with E-state index in [1.807, 2.05) is 31.2 Å². The number of thioether (sulfide) groups is 1. The van der Waals surface area contributed by atoms with Crippen LogP contribution in [0.5, 0.6) is 0 Å². The van der Waals surface area contributed by atoms with Crippen molar-refractivity contribution in [2.24, 2.45) is 0 Å². The molecule has 1 aromatic heterocycles. The maximum Gasteiger partial charge on any atom is 0.191 e. The van der Waals surface area contributed by atoms with E-state index in [1.54, 1.807) is 11.8 Å². The summed E-state index contributed by atoms with van der Waals surface area (Å²) in [6.45, 7) is 5.05. The number of aliphatic hydroxyl groups excluding tert-OH is 1. The van der Waals surface area contributed by atoms with E-state index < -0.39 is 0 Å². The molecule has 0 saturated heterocycles. The molecule has 0 aliphatic heterocycles. The monoisotopic (exact) mass is 263 g/mol. The molecule has 0 fully saturated rings. The van der Waals surface area contributed by atoms with Gasteiger partial charge in [-0.25, -0.2) is 0 Å². The third kappa shape index (κ3) is 2.91. The molecule has 0 radical (unpaired) electrons. The van der Waals surface area contributed by atoms with Gasteiger partial charge in [0.15, 0.2) is 5.16 Å². The van der Waals surface area contributed by atoms with E-state index in [9.17, 15) is 0 Å². The van der Waals surface area contributed by atoms with E-state index in [-0.39, 0.29) is 6.61 Å². The largest absolute Gasteiger partial charge is 0.392 e. The predicted molar refractivity (Wildman–Crippen MR) is 72.4 cm³/mol. The predicted octanol–water partition coefficient (Wildman–Crippen LogP) is 2.39. The number of rotatable bonds is 5. The Balaban J connectivity index is 2.02. The van der Waals surface area contributed by atoms with Crippen LogP contribution in [0.15, 0.2) is 29.4 Å². The fraction of sp³-hybridized carbons (Fsp3) is 0.385. The van der Waals surface area contributed by atoms with Gasteiger partial charge in [0.1, 0.15) is 5.82 Å². The van der Waals surface area contributed by atoms with Crippen molar-refractivity contribution in [2.45, 2.75) is 37.9 Å². The van der Waals surface area contributed by atoms with Crippen LogP contribution in [0.1, 0.15) is 23.9 Å². The lowest BCUT2D eigenvalue weighted by molar-refractivity contribution is 0.282. The quantitative estimate of drug-likeness (QED) is 0.842. The first kappa shape index (κ1) is 13.1. The first-order valence-electron chi connectivity index (χ1n) is 5.96. The minimum absolute atomic E-state index is 0.0940. The van der Waals surface area contributed by atoms with Crippen LogP contribution < -0.4 is 0 Å². The molecule has 18 heavy (non-hydrogen) atoms. The van der Waals surface area contributed by atoms with Crippen LogP contribution in [0, 0.1) is 6.92 Å². The summed E-state index contributed by atoms with van der Waals surface area (Å²) in [6, 6.07) is 7.98. The highest BCUT2D eigenvalue weighted by atomic mass is 32.2. The molecule has 2 rings (SSSR count). The van der Waals surface area contributed by atoms with Crippen LogP contribution in [0.25, 0.3) is 0 Å². The van der Waals surface area contributed by atoms with E-state index in [4.69, 9.17) is 5.11 Å². The number of hydrogen-bond acceptors (Lipinski definition) is 4. The lowest BCUT2D eigenvalue weighted by Gasteiger charge is -2.05. The van der Waals surface area contributed by atoms with Gasteiger partial charge in [-0.3, -0.25) is 0 Å². The van der Waals surface area contributed by atoms with Crippen molar-refractivity contribution < 1.29 is 5.11 Å². The molecule has 5 heteroatoms. The molecule has 0 bridgehead atoms. The highest BCUT2D eigenvalue weighted by molar-refractivity contribution is 7.98. The first-order valence-corrected chi connectivity index (χ1v) is 6.94. The summed E-state index contributed by atoms with van der Waals surface area (Å²) >= 11 is 1.69. The van der Waals surface area contributed by atoms with Gasteiger partial charge < -0.3 is 9.67 Å². The Morgan fingerprint density at radius 2 is 1.83 bits per heavy atom. The van der Waals surface area contributed by atoms with Crippen molar-refractivity contribution in [3.8, 4) is 0 Å². The topological polar surface area (TPSA) is 50.9 Å². The van der Waals surface area contributed by atoms with E-state index in [1.165, 1.54) is 5.56 Å². The highest BCUT2D eigenvalue weighted by Gasteiger charge is 2.07. The van der Waals surface area contributed by atoms with Crippen molar-refractivity contribution in [3.05, 3.63) is 41.2 Å². The van der Waals surface area contributed by atoms with Gasteiger partial charge in [0, 0.05) is 12.3 Å². The van der Waals surface area contributed by atoms with Crippen LogP contribution >= 0.6 is 11.8 Å². The Labute approximate surface area is 111 Å². The SMILES string of the molecule is CCn1c(C)nnc1SCc1ccc(CO)cc1. The summed E-state index contributed by atoms with van der Waals surface area (Å²) in [5.41, 5.74) is 2.16. The summed E-state index contributed by atoms with van der Waals surface area (Å²) in [4.78, 5) is 0. The van der Waals surface area contributed by atoms with E-state index in [2.05, 4.69) is 21.7 Å². The number of aliphatic hydroxyl groups is 1. The second kappa shape index (κ2) is 6.02. The number of nitrogens with zero attached hydrogens (tertiary/aromatic N) is 3. The molecule has 2 aromatic rings. The Hall–Kier alpha value is -1.33. The van der Waals surface area contributed by atoms with Gasteiger partial charge in [0.2, 0.25) is 0 Å². The fourth-order valence-corrected chi connectivity index (χ4v) is 2.72. The maximum atomic E-state index is 8.98. The van der Waals surface area contributed by atoms with Gasteiger partial charge in [-0.15, -0.1) is 10.2 Å². The lowest BCUT2D eigenvalue weighted by atomic mass is 10.2. The van der Waals surface area contributed by atoms with Crippen LogP contribution in [0.3, 0.4) is 0 Å². The van der Waals surface area contributed by atoms with Crippen LogP contribution in [0.2, 0.25) is 0 Å². The lowest BCUT2D eigenvalue weighted by Crippen LogP contribution is -1.99. The van der Waals surface area contributed by atoms with E-state index in [0.717, 1.165) is 28.8 Å². The second-order valence-electron chi connectivity index (χ2n) is 4.04. The molecular formula is C13H17N3OS. The van der Waals surface area contributed by atoms with Crippen molar-refractivity contribution in [1.29, 1.82) is 0 Å². The third-order valence-corrected chi connectivity index (χ3v) is 3.83. The van der Waals surface area contributed by atoms with Crippen molar-refractivity contribution in [1.82, 2.24) is 14.8 Å². The average Bonchev–Trinajstić information content (AvgIpc) is 2.77. The summed E-state index contributed by atoms with van der Waals surface area (Å²) in [5, 5.41) is 18.2. The molecule has 1 N–H and O–H groups in total. The summed E-state index contributed by atoms with van der Waals surface area (Å²) in [7, 11) is 0. The van der Waals surface area contributed by atoms with Crippen molar-refractivity contribution >= 4 is 11.8 Å². The summed E-state index contributed by atoms with van der Waals surface area (Å²) in [6.07, 6.45) is 0. The maximum absolute atomic E-state index is 8.98. The van der Waals surface area contributed by atoms with Gasteiger partial charge in [0.05, 0.1) is 6.61 Å². The normalized spacial score (nSPS) is 10.8. The molecule has 0 unspecified atom stereocenters. The zero-order chi connectivity index (χ0) is 13.0. The average molecular weight is 263 g/mol. The van der Waals surface area contributed by atoms with Crippen LogP contribution in [-0.4, -0.2) is 19.9 Å². The number of aromatic nitrogens is 3. The number of hydrogen-bond donors (Lipinski definition) is 1. The molecule has 4 nitrogen and oxygen atoms in total. The first-order chi connectivity index (χ1) is 8.74. The van der Waals surface area contributed by atoms with Gasteiger partial charge in [-0.05, 0) is 25.0 Å². The Bertz CT molecular complexity index is 507. The zero-order valence-electron chi connectivity index (χ0n) is 10.6. The molecule has 1 aromatic carbocycles. The highest BCUT2D eigenvalue weighted by Crippen LogP contribution is 2.21. The van der Waals surface area contributed by atoms with Crippen molar-refractivity contribution in [3.63, 3.8) is 0 Å². The van der Waals surface area contributed by atoms with E-state index >= 15 is 0 Å². The summed E-state index contributed by atoms with van der Waals surface area (Å²) < 4.78 is 2.10. The van der Waals surface area contributed by atoms with Crippen LogP contribution in [0.4, 0.5) is 0 Å². The molecule has 0 aliphatic carbocycles. The number of aryl methyl sites for hydroxylation is 1.